The van der Waals surface area contributed by atoms with Crippen molar-refractivity contribution in [3.8, 4) is 11.1 Å². The minimum absolute atomic E-state index is 0.318. The average Bonchev–Trinajstić information content (AvgIpc) is 2.46. The lowest BCUT2D eigenvalue weighted by Crippen LogP contribution is -2.07. The van der Waals surface area contributed by atoms with E-state index in [2.05, 4.69) is 19.9 Å². The molecule has 0 saturated carbocycles. The number of carbonyl (C=O) groups excluding carboxylic acids is 1. The van der Waals surface area contributed by atoms with Crippen LogP contribution >= 0.6 is 11.6 Å². The molecule has 2 aromatic rings. The summed E-state index contributed by atoms with van der Waals surface area (Å²) in [5, 5.41) is 9.63. The van der Waals surface area contributed by atoms with Gasteiger partial charge in [-0.1, -0.05) is 55.8 Å². The minimum atomic E-state index is -0.517. The summed E-state index contributed by atoms with van der Waals surface area (Å²) in [4.78, 5) is 11.9. The molecule has 104 valence electrons. The minimum Gasteiger partial charge on any atom is -0.388 e. The van der Waals surface area contributed by atoms with Crippen molar-refractivity contribution in [2.24, 2.45) is 0 Å². The van der Waals surface area contributed by atoms with Crippen molar-refractivity contribution in [2.75, 3.05) is 6.61 Å². The number of Topliss-reactive ketones (excluding diaryl/α,β-unsaturated/α-hetero) is 1. The van der Waals surface area contributed by atoms with Gasteiger partial charge in [-0.25, -0.2) is 0 Å². The van der Waals surface area contributed by atoms with E-state index >= 15 is 0 Å². The highest BCUT2D eigenvalue weighted by Gasteiger charge is 2.16. The first kappa shape index (κ1) is 14.8. The summed E-state index contributed by atoms with van der Waals surface area (Å²) in [5.41, 5.74) is 3.46. The van der Waals surface area contributed by atoms with Crippen LogP contribution in [0.25, 0.3) is 11.1 Å². The van der Waals surface area contributed by atoms with Crippen LogP contribution in [0.3, 0.4) is 0 Å². The van der Waals surface area contributed by atoms with Gasteiger partial charge in [0, 0.05) is 10.6 Å². The predicted molar refractivity (Wildman–Crippen MR) is 82.4 cm³/mol. The molecule has 3 heteroatoms. The number of aliphatic hydroxyl groups excluding tert-OH is 1. The van der Waals surface area contributed by atoms with E-state index in [1.165, 1.54) is 5.56 Å². The van der Waals surface area contributed by atoms with Gasteiger partial charge in [-0.05, 0) is 34.7 Å². The Morgan fingerprint density at radius 1 is 1.15 bits per heavy atom. The smallest absolute Gasteiger partial charge is 0.188 e. The number of rotatable bonds is 4. The number of ketones is 1. The lowest BCUT2D eigenvalue weighted by atomic mass is 9.89. The topological polar surface area (TPSA) is 37.3 Å². The maximum absolute atomic E-state index is 11.9. The van der Waals surface area contributed by atoms with Gasteiger partial charge in [0.2, 0.25) is 0 Å². The first-order valence-corrected chi connectivity index (χ1v) is 6.95. The normalized spacial score (nSPS) is 10.8. The van der Waals surface area contributed by atoms with Crippen molar-refractivity contribution in [2.45, 2.75) is 19.8 Å². The molecule has 0 aliphatic rings. The number of aliphatic hydroxyl groups is 1. The summed E-state index contributed by atoms with van der Waals surface area (Å²) in [6, 6.07) is 13.2. The zero-order valence-corrected chi connectivity index (χ0v) is 12.3. The Hall–Kier alpha value is -1.64. The summed E-state index contributed by atoms with van der Waals surface area (Å²) in [6.45, 7) is 3.71. The molecule has 2 aromatic carbocycles. The molecule has 0 amide bonds. The van der Waals surface area contributed by atoms with Crippen LogP contribution < -0.4 is 0 Å². The third-order valence-corrected chi connectivity index (χ3v) is 3.53. The number of hydrogen-bond acceptors (Lipinski definition) is 2. The molecular weight excluding hydrogens is 272 g/mol. The Morgan fingerprint density at radius 3 is 2.50 bits per heavy atom. The van der Waals surface area contributed by atoms with E-state index in [4.69, 9.17) is 16.7 Å². The van der Waals surface area contributed by atoms with E-state index < -0.39 is 6.61 Å². The molecule has 0 spiro atoms. The molecule has 0 atom stereocenters. The van der Waals surface area contributed by atoms with Crippen LogP contribution in [0.5, 0.6) is 0 Å². The van der Waals surface area contributed by atoms with Crippen LogP contribution in [0.4, 0.5) is 0 Å². The first-order valence-electron chi connectivity index (χ1n) is 6.57. The van der Waals surface area contributed by atoms with Crippen molar-refractivity contribution in [3.05, 3.63) is 58.6 Å². The molecule has 0 fully saturated rings. The van der Waals surface area contributed by atoms with E-state index in [1.54, 1.807) is 12.1 Å². The molecule has 0 unspecified atom stereocenters. The van der Waals surface area contributed by atoms with E-state index in [1.807, 2.05) is 24.3 Å². The number of carbonyl (C=O) groups is 1. The Kier molecular flexibility index (Phi) is 4.58. The van der Waals surface area contributed by atoms with Crippen LogP contribution in [-0.4, -0.2) is 17.5 Å². The van der Waals surface area contributed by atoms with E-state index in [9.17, 15) is 4.79 Å². The summed E-state index contributed by atoms with van der Waals surface area (Å²) >= 11 is 5.97. The first-order chi connectivity index (χ1) is 9.54. The van der Waals surface area contributed by atoms with E-state index in [0.29, 0.717) is 16.5 Å². The Labute approximate surface area is 124 Å². The zero-order chi connectivity index (χ0) is 14.7. The van der Waals surface area contributed by atoms with Crippen molar-refractivity contribution >= 4 is 17.4 Å². The highest BCUT2D eigenvalue weighted by atomic mass is 35.5. The summed E-state index contributed by atoms with van der Waals surface area (Å²) in [7, 11) is 0. The fourth-order valence-electron chi connectivity index (χ4n) is 2.31. The maximum atomic E-state index is 11.9. The van der Waals surface area contributed by atoms with Gasteiger partial charge in [0.15, 0.2) is 5.78 Å². The molecule has 0 radical (unpaired) electrons. The largest absolute Gasteiger partial charge is 0.388 e. The standard InChI is InChI=1S/C17H17ClO2/c1-11(2)13-5-3-4-6-14(13)15-8-7-12(18)9-16(15)17(20)10-19/h3-9,11,19H,10H2,1-2H3. The maximum Gasteiger partial charge on any atom is 0.188 e. The van der Waals surface area contributed by atoms with E-state index in [0.717, 1.165) is 11.1 Å². The predicted octanol–water partition coefficient (Wildman–Crippen LogP) is 4.31. The molecule has 0 aliphatic heterocycles. The highest BCUT2D eigenvalue weighted by Crippen LogP contribution is 2.33. The van der Waals surface area contributed by atoms with Gasteiger partial charge in [0.25, 0.3) is 0 Å². The van der Waals surface area contributed by atoms with Crippen LogP contribution in [0, 0.1) is 0 Å². The van der Waals surface area contributed by atoms with E-state index in [-0.39, 0.29) is 5.78 Å². The monoisotopic (exact) mass is 288 g/mol. The van der Waals surface area contributed by atoms with Gasteiger partial charge < -0.3 is 5.11 Å². The molecule has 0 aliphatic carbocycles. The average molecular weight is 289 g/mol. The Bertz CT molecular complexity index is 633. The van der Waals surface area contributed by atoms with Gasteiger partial charge in [0.05, 0.1) is 0 Å². The fourth-order valence-corrected chi connectivity index (χ4v) is 2.49. The quantitative estimate of drug-likeness (QED) is 0.852. The summed E-state index contributed by atoms with van der Waals surface area (Å²) < 4.78 is 0. The van der Waals surface area contributed by atoms with Gasteiger partial charge >= 0.3 is 0 Å². The summed E-state index contributed by atoms with van der Waals surface area (Å²) in [6.07, 6.45) is 0. The highest BCUT2D eigenvalue weighted by molar-refractivity contribution is 6.31. The molecule has 2 rings (SSSR count). The van der Waals surface area contributed by atoms with Gasteiger partial charge in [0.1, 0.15) is 6.61 Å². The van der Waals surface area contributed by atoms with Crippen molar-refractivity contribution in [1.29, 1.82) is 0 Å². The Balaban J connectivity index is 2.67. The van der Waals surface area contributed by atoms with Crippen molar-refractivity contribution in [3.63, 3.8) is 0 Å². The second-order valence-electron chi connectivity index (χ2n) is 5.01. The summed E-state index contributed by atoms with van der Waals surface area (Å²) in [5.74, 6) is 0.0278. The molecule has 2 nitrogen and oxygen atoms in total. The zero-order valence-electron chi connectivity index (χ0n) is 11.6. The van der Waals surface area contributed by atoms with Crippen LogP contribution in [0.1, 0.15) is 35.7 Å². The number of halogens is 1. The van der Waals surface area contributed by atoms with Gasteiger partial charge in [-0.15, -0.1) is 0 Å². The molecule has 0 bridgehead atoms. The van der Waals surface area contributed by atoms with Gasteiger partial charge in [-0.2, -0.15) is 0 Å². The van der Waals surface area contributed by atoms with Crippen LogP contribution in [-0.2, 0) is 0 Å². The SMILES string of the molecule is CC(C)c1ccccc1-c1ccc(Cl)cc1C(=O)CO. The molecule has 20 heavy (non-hydrogen) atoms. The molecule has 0 heterocycles. The molecular formula is C17H17ClO2. The third kappa shape index (κ3) is 2.92. The Morgan fingerprint density at radius 2 is 1.85 bits per heavy atom. The molecule has 0 saturated heterocycles. The van der Waals surface area contributed by atoms with Crippen molar-refractivity contribution < 1.29 is 9.90 Å². The fraction of sp³-hybridized carbons (Fsp3) is 0.235. The lowest BCUT2D eigenvalue weighted by Gasteiger charge is -2.15. The number of benzene rings is 2. The van der Waals surface area contributed by atoms with Crippen LogP contribution in [0.15, 0.2) is 42.5 Å². The van der Waals surface area contributed by atoms with Gasteiger partial charge in [-0.3, -0.25) is 4.79 Å². The van der Waals surface area contributed by atoms with Crippen LogP contribution in [0.2, 0.25) is 5.02 Å². The van der Waals surface area contributed by atoms with Crippen molar-refractivity contribution in [1.82, 2.24) is 0 Å². The number of hydrogen-bond donors (Lipinski definition) is 1. The third-order valence-electron chi connectivity index (χ3n) is 3.30. The lowest BCUT2D eigenvalue weighted by molar-refractivity contribution is 0.0904. The molecule has 1 N–H and O–H groups in total. The second-order valence-corrected chi connectivity index (χ2v) is 5.45. The molecule has 0 aromatic heterocycles. The second kappa shape index (κ2) is 6.21.